The minimum absolute atomic E-state index is 0.0581. The van der Waals surface area contributed by atoms with Gasteiger partial charge in [-0.3, -0.25) is 10.1 Å². The Kier molecular flexibility index (Phi) is 2.04. The molecule has 1 unspecified atom stereocenters. The number of aliphatic hydroxyl groups excluding tert-OH is 1. The van der Waals surface area contributed by atoms with Gasteiger partial charge < -0.3 is 10.4 Å². The molecule has 1 saturated heterocycles. The number of amides is 1. The fraction of sp³-hybridized carbons (Fsp3) is 0.889. The summed E-state index contributed by atoms with van der Waals surface area (Å²) in [7, 11) is 0. The van der Waals surface area contributed by atoms with Crippen LogP contribution in [0.5, 0.6) is 0 Å². The van der Waals surface area contributed by atoms with Crippen molar-refractivity contribution in [3.05, 3.63) is 0 Å². The smallest absolute Gasteiger partial charge is 0.240 e. The quantitative estimate of drug-likeness (QED) is 0.485. The topological polar surface area (TPSA) is 61.4 Å². The first kappa shape index (κ1) is 8.97. The Bertz CT molecular complexity index is 224. The maximum absolute atomic E-state index is 11.7. The Balaban J connectivity index is 2.15. The molecule has 0 aromatic rings. The average Bonchev–Trinajstić information content (AvgIpc) is 2.51. The van der Waals surface area contributed by atoms with Gasteiger partial charge in [0.1, 0.15) is 6.23 Å². The van der Waals surface area contributed by atoms with Crippen LogP contribution in [0.2, 0.25) is 0 Å². The van der Waals surface area contributed by atoms with E-state index in [0.29, 0.717) is 0 Å². The third kappa shape index (κ3) is 1.34. The van der Waals surface area contributed by atoms with Crippen molar-refractivity contribution in [3.8, 4) is 0 Å². The lowest BCUT2D eigenvalue weighted by molar-refractivity contribution is -0.135. The summed E-state index contributed by atoms with van der Waals surface area (Å²) in [5.74, 6) is 0.0581. The molecule has 1 aliphatic heterocycles. The van der Waals surface area contributed by atoms with E-state index >= 15 is 0 Å². The molecule has 74 valence electrons. The molecule has 2 rings (SSSR count). The molecule has 4 nitrogen and oxygen atoms in total. The van der Waals surface area contributed by atoms with E-state index in [-0.39, 0.29) is 11.9 Å². The Morgan fingerprint density at radius 3 is 2.69 bits per heavy atom. The second kappa shape index (κ2) is 2.96. The van der Waals surface area contributed by atoms with Crippen LogP contribution in [0.15, 0.2) is 0 Å². The summed E-state index contributed by atoms with van der Waals surface area (Å²) in [6, 6.07) is -0.182. The highest BCUT2D eigenvalue weighted by Gasteiger charge is 2.46. The Morgan fingerprint density at radius 1 is 1.46 bits per heavy atom. The van der Waals surface area contributed by atoms with Crippen molar-refractivity contribution in [1.82, 2.24) is 10.6 Å². The minimum Gasteiger partial charge on any atom is -0.376 e. The van der Waals surface area contributed by atoms with Gasteiger partial charge in [0, 0.05) is 0 Å². The van der Waals surface area contributed by atoms with E-state index in [0.717, 1.165) is 25.7 Å². The predicted molar refractivity (Wildman–Crippen MR) is 47.9 cm³/mol. The van der Waals surface area contributed by atoms with Gasteiger partial charge in [-0.15, -0.1) is 0 Å². The molecule has 1 spiro atoms. The SMILES string of the molecule is C[C@@H]1NC(=O)C2(CCCC2)NC1O. The molecule has 2 fully saturated rings. The molecule has 4 heteroatoms. The lowest BCUT2D eigenvalue weighted by Gasteiger charge is -2.40. The van der Waals surface area contributed by atoms with Gasteiger partial charge in [0.15, 0.2) is 0 Å². The molecule has 0 radical (unpaired) electrons. The molecule has 0 bridgehead atoms. The van der Waals surface area contributed by atoms with Crippen LogP contribution in [0.25, 0.3) is 0 Å². The lowest BCUT2D eigenvalue weighted by Crippen LogP contribution is -2.69. The van der Waals surface area contributed by atoms with E-state index in [2.05, 4.69) is 10.6 Å². The molecular formula is C9H16N2O2. The third-order valence-corrected chi connectivity index (χ3v) is 3.15. The van der Waals surface area contributed by atoms with Crippen LogP contribution in [-0.4, -0.2) is 28.8 Å². The normalized spacial score (nSPS) is 37.8. The number of piperazine rings is 1. The number of hydrogen-bond donors (Lipinski definition) is 3. The van der Waals surface area contributed by atoms with Gasteiger partial charge in [-0.2, -0.15) is 0 Å². The first-order valence-electron chi connectivity index (χ1n) is 4.91. The number of hydrogen-bond acceptors (Lipinski definition) is 3. The summed E-state index contributed by atoms with van der Waals surface area (Å²) in [5, 5.41) is 15.4. The van der Waals surface area contributed by atoms with E-state index in [1.165, 1.54) is 0 Å². The average molecular weight is 184 g/mol. The molecule has 2 atom stereocenters. The maximum Gasteiger partial charge on any atom is 0.240 e. The lowest BCUT2D eigenvalue weighted by atomic mass is 9.92. The van der Waals surface area contributed by atoms with Crippen molar-refractivity contribution >= 4 is 5.91 Å². The Hall–Kier alpha value is -0.610. The second-order valence-corrected chi connectivity index (χ2v) is 4.14. The molecule has 2 aliphatic rings. The first-order valence-corrected chi connectivity index (χ1v) is 4.91. The van der Waals surface area contributed by atoms with Gasteiger partial charge in [0.25, 0.3) is 0 Å². The molecule has 1 amide bonds. The van der Waals surface area contributed by atoms with Gasteiger partial charge in [-0.25, -0.2) is 0 Å². The van der Waals surface area contributed by atoms with Crippen molar-refractivity contribution in [1.29, 1.82) is 0 Å². The van der Waals surface area contributed by atoms with Gasteiger partial charge in [0.2, 0.25) is 5.91 Å². The first-order chi connectivity index (χ1) is 6.14. The highest BCUT2D eigenvalue weighted by atomic mass is 16.3. The monoisotopic (exact) mass is 184 g/mol. The zero-order valence-corrected chi connectivity index (χ0v) is 7.84. The zero-order chi connectivity index (χ0) is 9.47. The maximum atomic E-state index is 11.7. The van der Waals surface area contributed by atoms with Crippen LogP contribution >= 0.6 is 0 Å². The van der Waals surface area contributed by atoms with Crippen molar-refractivity contribution < 1.29 is 9.90 Å². The van der Waals surface area contributed by atoms with Crippen LogP contribution in [0, 0.1) is 0 Å². The number of rotatable bonds is 0. The van der Waals surface area contributed by atoms with E-state index in [4.69, 9.17) is 0 Å². The number of aliphatic hydroxyl groups is 1. The number of nitrogens with one attached hydrogen (secondary N) is 2. The van der Waals surface area contributed by atoms with Crippen molar-refractivity contribution in [2.24, 2.45) is 0 Å². The van der Waals surface area contributed by atoms with E-state index in [1.54, 1.807) is 6.92 Å². The predicted octanol–water partition coefficient (Wildman–Crippen LogP) is -0.275. The van der Waals surface area contributed by atoms with Crippen LogP contribution < -0.4 is 10.6 Å². The molecule has 1 saturated carbocycles. The van der Waals surface area contributed by atoms with Crippen molar-refractivity contribution in [3.63, 3.8) is 0 Å². The largest absolute Gasteiger partial charge is 0.376 e. The highest BCUT2D eigenvalue weighted by molar-refractivity contribution is 5.87. The summed E-state index contributed by atoms with van der Waals surface area (Å²) in [4.78, 5) is 11.7. The van der Waals surface area contributed by atoms with E-state index < -0.39 is 11.8 Å². The van der Waals surface area contributed by atoms with Gasteiger partial charge >= 0.3 is 0 Å². The highest BCUT2D eigenvalue weighted by Crippen LogP contribution is 2.32. The minimum atomic E-state index is -0.601. The molecular weight excluding hydrogens is 168 g/mol. The summed E-state index contributed by atoms with van der Waals surface area (Å²) in [5.41, 5.74) is -0.466. The Labute approximate surface area is 77.7 Å². The summed E-state index contributed by atoms with van der Waals surface area (Å²) < 4.78 is 0. The summed E-state index contributed by atoms with van der Waals surface area (Å²) in [6.07, 6.45) is 3.24. The standard InChI is InChI=1S/C9H16N2O2/c1-6-7(12)11-9(8(13)10-6)4-2-3-5-9/h6-7,11-12H,2-5H2,1H3,(H,10,13)/t6-,7?/m0/s1. The number of carbonyl (C=O) groups is 1. The van der Waals surface area contributed by atoms with Gasteiger partial charge in [0.05, 0.1) is 11.6 Å². The number of carbonyl (C=O) groups excluding carboxylic acids is 1. The van der Waals surface area contributed by atoms with Crippen LogP contribution in [0.4, 0.5) is 0 Å². The summed E-state index contributed by atoms with van der Waals surface area (Å²) >= 11 is 0. The van der Waals surface area contributed by atoms with E-state index in [9.17, 15) is 9.90 Å². The molecule has 3 N–H and O–H groups in total. The third-order valence-electron chi connectivity index (χ3n) is 3.15. The fourth-order valence-corrected chi connectivity index (χ4v) is 2.25. The molecule has 1 heterocycles. The molecule has 13 heavy (non-hydrogen) atoms. The van der Waals surface area contributed by atoms with Gasteiger partial charge in [-0.1, -0.05) is 12.8 Å². The Morgan fingerprint density at radius 2 is 2.08 bits per heavy atom. The van der Waals surface area contributed by atoms with Crippen LogP contribution in [0.3, 0.4) is 0 Å². The zero-order valence-electron chi connectivity index (χ0n) is 7.84. The van der Waals surface area contributed by atoms with E-state index in [1.807, 2.05) is 0 Å². The molecule has 1 aliphatic carbocycles. The van der Waals surface area contributed by atoms with Crippen LogP contribution in [0.1, 0.15) is 32.6 Å². The molecule has 0 aromatic heterocycles. The second-order valence-electron chi connectivity index (χ2n) is 4.14. The van der Waals surface area contributed by atoms with Gasteiger partial charge in [-0.05, 0) is 19.8 Å². The molecule has 0 aromatic carbocycles. The summed E-state index contributed by atoms with van der Waals surface area (Å²) in [6.45, 7) is 1.80. The van der Waals surface area contributed by atoms with Crippen molar-refractivity contribution in [2.75, 3.05) is 0 Å². The van der Waals surface area contributed by atoms with Crippen LogP contribution in [-0.2, 0) is 4.79 Å². The van der Waals surface area contributed by atoms with Crippen molar-refractivity contribution in [2.45, 2.75) is 50.4 Å². The fourth-order valence-electron chi connectivity index (χ4n) is 2.25.